The highest BCUT2D eigenvalue weighted by molar-refractivity contribution is 6.37. The normalized spacial score (nSPS) is 13.8. The number of carbonyl (C=O) groups excluding carboxylic acids is 2. The molecule has 1 aliphatic rings. The quantitative estimate of drug-likeness (QED) is 0.495. The summed E-state index contributed by atoms with van der Waals surface area (Å²) in [6.07, 6.45) is 0. The molecule has 31 heavy (non-hydrogen) atoms. The third-order valence-electron chi connectivity index (χ3n) is 5.18. The number of hydrogen-bond acceptors (Lipinski definition) is 3. The highest BCUT2D eigenvalue weighted by atomic mass is 35.5. The number of rotatable bonds is 6. The molecule has 0 N–H and O–H groups in total. The lowest BCUT2D eigenvalue weighted by molar-refractivity contribution is -0.137. The zero-order chi connectivity index (χ0) is 22.0. The van der Waals surface area contributed by atoms with Crippen LogP contribution in [-0.2, 0) is 16.1 Å². The highest BCUT2D eigenvalue weighted by Crippen LogP contribution is 2.35. The molecule has 3 aromatic rings. The first-order chi connectivity index (χ1) is 15.0. The third kappa shape index (κ3) is 4.09. The first-order valence-electron chi connectivity index (χ1n) is 9.93. The molecule has 0 unspecified atom stereocenters. The number of para-hydroxylation sites is 1. The summed E-state index contributed by atoms with van der Waals surface area (Å²) in [5, 5.41) is 0.543. The van der Waals surface area contributed by atoms with E-state index in [1.807, 2.05) is 42.2 Å². The number of anilines is 1. The molecule has 0 atom stereocenters. The van der Waals surface area contributed by atoms with Crippen molar-refractivity contribution < 1.29 is 14.0 Å². The Morgan fingerprint density at radius 2 is 1.52 bits per heavy atom. The van der Waals surface area contributed by atoms with E-state index in [9.17, 15) is 14.0 Å². The van der Waals surface area contributed by atoms with Gasteiger partial charge in [-0.1, -0.05) is 54.1 Å². The van der Waals surface area contributed by atoms with E-state index < -0.39 is 0 Å². The lowest BCUT2D eigenvalue weighted by Crippen LogP contribution is -2.34. The van der Waals surface area contributed by atoms with Gasteiger partial charge in [0.05, 0.1) is 12.1 Å². The van der Waals surface area contributed by atoms with Crippen LogP contribution in [0.4, 0.5) is 10.1 Å². The Morgan fingerprint density at radius 1 is 0.871 bits per heavy atom. The van der Waals surface area contributed by atoms with E-state index in [-0.39, 0.29) is 24.2 Å². The first kappa shape index (κ1) is 20.8. The second-order valence-electron chi connectivity index (χ2n) is 7.13. The van der Waals surface area contributed by atoms with Crippen molar-refractivity contribution in [2.45, 2.75) is 13.5 Å². The van der Waals surface area contributed by atoms with Gasteiger partial charge in [-0.2, -0.15) is 0 Å². The van der Waals surface area contributed by atoms with Crippen LogP contribution in [0.2, 0.25) is 5.02 Å². The molecular formula is C25H20ClFN2O2. The Kier molecular flexibility index (Phi) is 5.87. The summed E-state index contributed by atoms with van der Waals surface area (Å²) >= 11 is 6.03. The van der Waals surface area contributed by atoms with Crippen LogP contribution in [0.1, 0.15) is 18.1 Å². The van der Waals surface area contributed by atoms with Gasteiger partial charge in [-0.3, -0.25) is 14.5 Å². The van der Waals surface area contributed by atoms with Gasteiger partial charge in [0.1, 0.15) is 11.5 Å². The van der Waals surface area contributed by atoms with Gasteiger partial charge in [0.15, 0.2) is 0 Å². The van der Waals surface area contributed by atoms with Gasteiger partial charge >= 0.3 is 0 Å². The molecule has 0 aliphatic carbocycles. The summed E-state index contributed by atoms with van der Waals surface area (Å²) in [5.74, 6) is -1.14. The number of nitrogens with zero attached hydrogens (tertiary/aromatic N) is 2. The zero-order valence-electron chi connectivity index (χ0n) is 16.9. The van der Waals surface area contributed by atoms with E-state index in [1.165, 1.54) is 17.0 Å². The Balaban J connectivity index is 1.81. The minimum absolute atomic E-state index is 0.0604. The second kappa shape index (κ2) is 8.74. The number of hydrogen-bond donors (Lipinski definition) is 0. The average Bonchev–Trinajstić information content (AvgIpc) is 3.02. The SMILES string of the molecule is CCN(C1=C(c2ccc(Cl)cc2)C(=O)N(Cc2ccc(F)cc2)C1=O)c1ccccc1. The largest absolute Gasteiger partial charge is 0.337 e. The van der Waals surface area contributed by atoms with Gasteiger partial charge in [0.2, 0.25) is 0 Å². The average molecular weight is 435 g/mol. The van der Waals surface area contributed by atoms with Gasteiger partial charge in [0, 0.05) is 17.3 Å². The van der Waals surface area contributed by atoms with Crippen LogP contribution in [0.3, 0.4) is 0 Å². The fourth-order valence-electron chi connectivity index (χ4n) is 3.68. The molecule has 1 aliphatic heterocycles. The second-order valence-corrected chi connectivity index (χ2v) is 7.57. The molecule has 2 amide bonds. The van der Waals surface area contributed by atoms with E-state index in [2.05, 4.69) is 0 Å². The van der Waals surface area contributed by atoms with E-state index in [1.54, 1.807) is 36.4 Å². The summed E-state index contributed by atoms with van der Waals surface area (Å²) < 4.78 is 13.3. The minimum atomic E-state index is -0.388. The molecule has 0 spiro atoms. The van der Waals surface area contributed by atoms with Crippen LogP contribution in [-0.4, -0.2) is 23.3 Å². The predicted octanol–water partition coefficient (Wildman–Crippen LogP) is 5.29. The lowest BCUT2D eigenvalue weighted by Gasteiger charge is -2.25. The van der Waals surface area contributed by atoms with Crippen molar-refractivity contribution >= 4 is 34.7 Å². The first-order valence-corrected chi connectivity index (χ1v) is 10.3. The van der Waals surface area contributed by atoms with Crippen LogP contribution >= 0.6 is 11.6 Å². The molecule has 156 valence electrons. The molecule has 0 bridgehead atoms. The number of amides is 2. The maximum absolute atomic E-state index is 13.5. The van der Waals surface area contributed by atoms with Crippen molar-refractivity contribution in [3.8, 4) is 0 Å². The monoisotopic (exact) mass is 434 g/mol. The van der Waals surface area contributed by atoms with E-state index in [0.29, 0.717) is 34.0 Å². The smallest absolute Gasteiger partial charge is 0.278 e. The van der Waals surface area contributed by atoms with Gasteiger partial charge in [-0.05, 0) is 54.4 Å². The molecule has 0 radical (unpaired) electrons. The molecule has 4 nitrogen and oxygen atoms in total. The van der Waals surface area contributed by atoms with Crippen LogP contribution in [0.25, 0.3) is 5.57 Å². The molecule has 0 saturated heterocycles. The fourth-order valence-corrected chi connectivity index (χ4v) is 3.81. The van der Waals surface area contributed by atoms with Crippen LogP contribution in [0, 0.1) is 5.82 Å². The molecular weight excluding hydrogens is 415 g/mol. The van der Waals surface area contributed by atoms with Gasteiger partial charge in [-0.25, -0.2) is 4.39 Å². The Labute approximate surface area is 185 Å². The molecule has 6 heteroatoms. The van der Waals surface area contributed by atoms with Crippen molar-refractivity contribution in [1.82, 2.24) is 4.90 Å². The maximum atomic E-state index is 13.5. The van der Waals surface area contributed by atoms with Crippen LogP contribution in [0.5, 0.6) is 0 Å². The van der Waals surface area contributed by atoms with Crippen molar-refractivity contribution in [2.75, 3.05) is 11.4 Å². The number of halogens is 2. The number of imide groups is 1. The Bertz CT molecular complexity index is 1140. The van der Waals surface area contributed by atoms with E-state index in [4.69, 9.17) is 11.6 Å². The van der Waals surface area contributed by atoms with Crippen LogP contribution in [0.15, 0.2) is 84.6 Å². The summed E-state index contributed by atoms with van der Waals surface area (Å²) in [5.41, 5.74) is 2.75. The molecule has 0 saturated carbocycles. The lowest BCUT2D eigenvalue weighted by atomic mass is 10.0. The third-order valence-corrected chi connectivity index (χ3v) is 5.44. The highest BCUT2D eigenvalue weighted by Gasteiger charge is 2.41. The van der Waals surface area contributed by atoms with Gasteiger partial charge < -0.3 is 4.90 Å². The van der Waals surface area contributed by atoms with E-state index >= 15 is 0 Å². The van der Waals surface area contributed by atoms with Gasteiger partial charge in [-0.15, -0.1) is 0 Å². The standard InChI is InChI=1S/C25H20ClFN2O2/c1-2-28(21-6-4-3-5-7-21)23-22(18-10-12-19(26)13-11-18)24(30)29(25(23)31)16-17-8-14-20(27)15-9-17/h3-15H,2,16H2,1H3. The molecule has 0 fully saturated rings. The summed E-state index contributed by atoms with van der Waals surface area (Å²) in [7, 11) is 0. The fraction of sp³-hybridized carbons (Fsp3) is 0.120. The van der Waals surface area contributed by atoms with Crippen molar-refractivity contribution in [3.05, 3.63) is 107 Å². The topological polar surface area (TPSA) is 40.6 Å². The molecule has 3 aromatic carbocycles. The minimum Gasteiger partial charge on any atom is -0.337 e. The van der Waals surface area contributed by atoms with Crippen LogP contribution < -0.4 is 4.90 Å². The number of likely N-dealkylation sites (N-methyl/N-ethyl adjacent to an activating group) is 1. The van der Waals surface area contributed by atoms with Gasteiger partial charge in [0.25, 0.3) is 11.8 Å². The maximum Gasteiger partial charge on any atom is 0.278 e. The molecule has 0 aromatic heterocycles. The molecule has 4 rings (SSSR count). The Hall–Kier alpha value is -3.44. The van der Waals surface area contributed by atoms with Crippen molar-refractivity contribution in [2.24, 2.45) is 0 Å². The number of carbonyl (C=O) groups is 2. The predicted molar refractivity (Wildman–Crippen MR) is 120 cm³/mol. The van der Waals surface area contributed by atoms with Crippen molar-refractivity contribution in [1.29, 1.82) is 0 Å². The summed E-state index contributed by atoms with van der Waals surface area (Å²) in [6, 6.07) is 22.1. The zero-order valence-corrected chi connectivity index (χ0v) is 17.6. The van der Waals surface area contributed by atoms with Crippen molar-refractivity contribution in [3.63, 3.8) is 0 Å². The summed E-state index contributed by atoms with van der Waals surface area (Å²) in [6.45, 7) is 2.49. The Morgan fingerprint density at radius 3 is 2.13 bits per heavy atom. The van der Waals surface area contributed by atoms with E-state index in [0.717, 1.165) is 5.69 Å². The molecule has 1 heterocycles. The summed E-state index contributed by atoms with van der Waals surface area (Å²) in [4.78, 5) is 30.0. The number of benzene rings is 3.